The fourth-order valence-electron chi connectivity index (χ4n) is 3.64. The molecule has 0 aromatic carbocycles. The lowest BCUT2D eigenvalue weighted by Gasteiger charge is -2.43. The molecule has 0 aliphatic heterocycles. The van der Waals surface area contributed by atoms with Crippen LogP contribution in [-0.2, 0) is 7.05 Å². The number of ether oxygens (including phenoxy) is 1. The minimum absolute atomic E-state index is 0.150. The van der Waals surface area contributed by atoms with Crippen molar-refractivity contribution in [2.45, 2.75) is 44.2 Å². The van der Waals surface area contributed by atoms with Crippen molar-refractivity contribution in [3.8, 4) is 5.75 Å². The molecule has 114 valence electrons. The van der Waals surface area contributed by atoms with Gasteiger partial charge in [-0.25, -0.2) is 0 Å². The monoisotopic (exact) mass is 280 g/mol. The van der Waals surface area contributed by atoms with Gasteiger partial charge in [-0.2, -0.15) is 5.10 Å². The summed E-state index contributed by atoms with van der Waals surface area (Å²) in [5.41, 5.74) is 1.31. The second-order valence-electron chi connectivity index (χ2n) is 5.92. The molecule has 1 saturated carbocycles. The van der Waals surface area contributed by atoms with Crippen molar-refractivity contribution in [3.05, 3.63) is 11.9 Å². The summed E-state index contributed by atoms with van der Waals surface area (Å²) < 4.78 is 7.49. The van der Waals surface area contributed by atoms with Gasteiger partial charge >= 0.3 is 0 Å². The third-order valence-corrected chi connectivity index (χ3v) is 4.75. The van der Waals surface area contributed by atoms with Gasteiger partial charge in [0.15, 0.2) is 5.75 Å². The zero-order valence-electron chi connectivity index (χ0n) is 13.4. The van der Waals surface area contributed by atoms with Crippen molar-refractivity contribution in [1.29, 1.82) is 0 Å². The summed E-state index contributed by atoms with van der Waals surface area (Å²) in [5, 5.41) is 8.07. The largest absolute Gasteiger partial charge is 0.493 e. The van der Waals surface area contributed by atoms with Gasteiger partial charge in [0.2, 0.25) is 0 Å². The first-order valence-corrected chi connectivity index (χ1v) is 7.53. The summed E-state index contributed by atoms with van der Waals surface area (Å²) in [7, 11) is 8.11. The Kier molecular flexibility index (Phi) is 4.70. The average molecular weight is 280 g/mol. The molecular formula is C15H28N4O. The van der Waals surface area contributed by atoms with Crippen molar-refractivity contribution in [1.82, 2.24) is 20.0 Å². The third-order valence-electron chi connectivity index (χ3n) is 4.75. The highest BCUT2D eigenvalue weighted by Gasteiger charge is 2.45. The van der Waals surface area contributed by atoms with E-state index < -0.39 is 0 Å². The maximum Gasteiger partial charge on any atom is 0.161 e. The highest BCUT2D eigenvalue weighted by atomic mass is 16.5. The SMILES string of the molecule is CCNC(c1c(OC)cnn1C)C1(N(C)C)CCCC1. The molecule has 1 aromatic rings. The molecular weight excluding hydrogens is 252 g/mol. The minimum Gasteiger partial charge on any atom is -0.493 e. The van der Waals surface area contributed by atoms with Gasteiger partial charge in [-0.3, -0.25) is 4.68 Å². The molecule has 0 spiro atoms. The highest BCUT2D eigenvalue weighted by molar-refractivity contribution is 5.31. The Hall–Kier alpha value is -1.07. The van der Waals surface area contributed by atoms with Crippen LogP contribution in [0.4, 0.5) is 0 Å². The lowest BCUT2D eigenvalue weighted by atomic mass is 9.84. The van der Waals surface area contributed by atoms with Crippen molar-refractivity contribution in [3.63, 3.8) is 0 Å². The van der Waals surface area contributed by atoms with Gasteiger partial charge in [0.1, 0.15) is 0 Å². The zero-order valence-corrected chi connectivity index (χ0v) is 13.4. The Balaban J connectivity index is 2.46. The lowest BCUT2D eigenvalue weighted by Crippen LogP contribution is -2.52. The number of nitrogens with zero attached hydrogens (tertiary/aromatic N) is 3. The first kappa shape index (κ1) is 15.3. The van der Waals surface area contributed by atoms with Crippen LogP contribution in [-0.4, -0.2) is 48.0 Å². The first-order valence-electron chi connectivity index (χ1n) is 7.53. The van der Waals surface area contributed by atoms with Crippen LogP contribution in [0.25, 0.3) is 0 Å². The van der Waals surface area contributed by atoms with Crippen LogP contribution in [0.15, 0.2) is 6.20 Å². The van der Waals surface area contributed by atoms with E-state index >= 15 is 0 Å². The van der Waals surface area contributed by atoms with Crippen LogP contribution in [0.5, 0.6) is 5.75 Å². The molecule has 20 heavy (non-hydrogen) atoms. The summed E-state index contributed by atoms with van der Waals surface area (Å²) in [6.45, 7) is 3.10. The molecule has 1 aromatic heterocycles. The molecule has 5 nitrogen and oxygen atoms in total. The van der Waals surface area contributed by atoms with Gasteiger partial charge in [0.25, 0.3) is 0 Å². The number of hydrogen-bond acceptors (Lipinski definition) is 4. The van der Waals surface area contributed by atoms with E-state index in [1.807, 2.05) is 17.9 Å². The van der Waals surface area contributed by atoms with E-state index in [0.717, 1.165) is 18.0 Å². The second kappa shape index (κ2) is 6.14. The predicted octanol–water partition coefficient (Wildman–Crippen LogP) is 1.95. The van der Waals surface area contributed by atoms with Gasteiger partial charge in [-0.05, 0) is 33.5 Å². The topological polar surface area (TPSA) is 42.3 Å². The van der Waals surface area contributed by atoms with Gasteiger partial charge < -0.3 is 15.0 Å². The molecule has 2 rings (SSSR count). The Morgan fingerprint density at radius 2 is 2.10 bits per heavy atom. The summed E-state index contributed by atoms with van der Waals surface area (Å²) in [4.78, 5) is 2.39. The predicted molar refractivity (Wildman–Crippen MR) is 81.1 cm³/mol. The molecule has 1 fully saturated rings. The Morgan fingerprint density at radius 3 is 2.60 bits per heavy atom. The maximum atomic E-state index is 5.54. The standard InChI is InChI=1S/C15H28N4O/c1-6-16-14(13-12(20-5)11-17-19(13)4)15(18(2)3)9-7-8-10-15/h11,14,16H,6-10H2,1-5H3. The normalized spacial score (nSPS) is 19.5. The quantitative estimate of drug-likeness (QED) is 0.865. The Morgan fingerprint density at radius 1 is 1.45 bits per heavy atom. The summed E-state index contributed by atoms with van der Waals surface area (Å²) >= 11 is 0. The summed E-state index contributed by atoms with van der Waals surface area (Å²) in [6.07, 6.45) is 6.83. The van der Waals surface area contributed by atoms with Crippen LogP contribution in [0, 0.1) is 0 Å². The van der Waals surface area contributed by atoms with E-state index in [0.29, 0.717) is 0 Å². The molecule has 1 atom stereocenters. The highest BCUT2D eigenvalue weighted by Crippen LogP contribution is 2.45. The number of likely N-dealkylation sites (N-methyl/N-ethyl adjacent to an activating group) is 2. The van der Waals surface area contributed by atoms with E-state index in [1.165, 1.54) is 25.7 Å². The van der Waals surface area contributed by atoms with Crippen LogP contribution in [0.1, 0.15) is 44.3 Å². The zero-order chi connectivity index (χ0) is 14.8. The van der Waals surface area contributed by atoms with Crippen LogP contribution < -0.4 is 10.1 Å². The Bertz CT molecular complexity index is 435. The fraction of sp³-hybridized carbons (Fsp3) is 0.800. The van der Waals surface area contributed by atoms with Crippen molar-refractivity contribution >= 4 is 0 Å². The molecule has 0 radical (unpaired) electrons. The van der Waals surface area contributed by atoms with E-state index in [1.54, 1.807) is 7.11 Å². The van der Waals surface area contributed by atoms with Gasteiger partial charge in [0, 0.05) is 12.6 Å². The van der Waals surface area contributed by atoms with E-state index in [-0.39, 0.29) is 11.6 Å². The first-order chi connectivity index (χ1) is 9.56. The second-order valence-corrected chi connectivity index (χ2v) is 5.92. The lowest BCUT2D eigenvalue weighted by molar-refractivity contribution is 0.0999. The minimum atomic E-state index is 0.150. The maximum absolute atomic E-state index is 5.54. The number of nitrogens with one attached hydrogen (secondary N) is 1. The van der Waals surface area contributed by atoms with Gasteiger partial charge in [0.05, 0.1) is 25.0 Å². The van der Waals surface area contributed by atoms with E-state index in [2.05, 4.69) is 36.3 Å². The molecule has 1 aliphatic carbocycles. The van der Waals surface area contributed by atoms with Crippen LogP contribution >= 0.6 is 0 Å². The number of hydrogen-bond donors (Lipinski definition) is 1. The number of aryl methyl sites for hydroxylation is 1. The number of aromatic nitrogens is 2. The average Bonchev–Trinajstić information content (AvgIpc) is 3.04. The molecule has 0 bridgehead atoms. The molecule has 0 saturated heterocycles. The molecule has 1 heterocycles. The summed E-state index contributed by atoms with van der Waals surface area (Å²) in [6, 6.07) is 0.243. The third kappa shape index (κ3) is 2.44. The fourth-order valence-corrected chi connectivity index (χ4v) is 3.64. The van der Waals surface area contributed by atoms with Gasteiger partial charge in [-0.1, -0.05) is 19.8 Å². The van der Waals surface area contributed by atoms with Crippen LogP contribution in [0.3, 0.4) is 0 Å². The molecule has 1 N–H and O–H groups in total. The van der Waals surface area contributed by atoms with E-state index in [9.17, 15) is 0 Å². The number of methoxy groups -OCH3 is 1. The molecule has 0 amide bonds. The van der Waals surface area contributed by atoms with E-state index in [4.69, 9.17) is 4.74 Å². The number of rotatable bonds is 6. The Labute approximate surface area is 122 Å². The molecule has 1 aliphatic rings. The smallest absolute Gasteiger partial charge is 0.161 e. The molecule has 1 unspecified atom stereocenters. The molecule has 5 heteroatoms. The van der Waals surface area contributed by atoms with Crippen molar-refractivity contribution < 1.29 is 4.74 Å². The van der Waals surface area contributed by atoms with Crippen molar-refractivity contribution in [2.75, 3.05) is 27.7 Å². The van der Waals surface area contributed by atoms with Crippen molar-refractivity contribution in [2.24, 2.45) is 7.05 Å². The van der Waals surface area contributed by atoms with Gasteiger partial charge in [-0.15, -0.1) is 0 Å². The van der Waals surface area contributed by atoms with Crippen LogP contribution in [0.2, 0.25) is 0 Å². The summed E-state index contributed by atoms with van der Waals surface area (Å²) in [5.74, 6) is 0.881.